The molecule has 182 valence electrons. The molecule has 1 unspecified atom stereocenters. The normalized spacial score (nSPS) is 15.0. The largest absolute Gasteiger partial charge is 0.481 e. The Bertz CT molecular complexity index is 1160. The van der Waals surface area contributed by atoms with Gasteiger partial charge in [0, 0.05) is 50.2 Å². The van der Waals surface area contributed by atoms with Crippen LogP contribution in [0.4, 0.5) is 23.1 Å². The Hall–Kier alpha value is -4.00. The fourth-order valence-corrected chi connectivity index (χ4v) is 3.40. The van der Waals surface area contributed by atoms with Gasteiger partial charge in [-0.2, -0.15) is 4.98 Å². The molecule has 2 aromatic rings. The molecule has 8 N–H and O–H groups in total. The number of hydrogen-bond donors (Lipinski definition) is 7. The third kappa shape index (κ3) is 6.76. The number of nitrogen functional groups attached to an aromatic ring is 1. The predicted octanol–water partition coefficient (Wildman–Crippen LogP) is -0.734. The molecule has 0 saturated carbocycles. The van der Waals surface area contributed by atoms with E-state index in [2.05, 4.69) is 25.9 Å². The number of carboxylic acids is 2. The second-order valence-corrected chi connectivity index (χ2v) is 7.45. The Kier molecular flexibility index (Phi) is 9.28. The number of aromatic amines is 1. The van der Waals surface area contributed by atoms with Crippen LogP contribution in [0.3, 0.4) is 0 Å². The molecule has 0 bridgehead atoms. The Labute approximate surface area is 211 Å². The van der Waals surface area contributed by atoms with Crippen molar-refractivity contribution in [1.82, 2.24) is 15.3 Å². The van der Waals surface area contributed by atoms with Gasteiger partial charge in [-0.3, -0.25) is 19.2 Å². The van der Waals surface area contributed by atoms with E-state index in [0.29, 0.717) is 24.5 Å². The van der Waals surface area contributed by atoms with Gasteiger partial charge in [0.1, 0.15) is 11.9 Å². The third-order valence-electron chi connectivity index (χ3n) is 5.13. The standard InChI is InChI=1S/C20H23N7O7.Zn/c21-20-25-16-15(18(32)26-20)27(9-28)12(8-23-16)7-22-11-3-1-10(2-4-11)17(31)24-13(19(33)34)5-6-14(29)30;/h1-4,9,12-13,22H,5-8H2,(H,24,31)(H,29,30)(H,33,34)(H4,21,23,25,26,32);/t12?,13-;/m0./s1. The van der Waals surface area contributed by atoms with Crippen molar-refractivity contribution < 1.29 is 48.9 Å². The summed E-state index contributed by atoms with van der Waals surface area (Å²) in [5.41, 5.74) is 5.74. The zero-order valence-electron chi connectivity index (χ0n) is 18.5. The number of rotatable bonds is 10. The van der Waals surface area contributed by atoms with E-state index in [1.165, 1.54) is 17.0 Å². The number of hydrogen-bond acceptors (Lipinski definition) is 9. The average Bonchev–Trinajstić information content (AvgIpc) is 2.79. The molecule has 2 heterocycles. The minimum Gasteiger partial charge on any atom is -0.481 e. The molecular formula is C20H23N7O7Zn. The van der Waals surface area contributed by atoms with E-state index in [0.717, 1.165) is 0 Å². The fourth-order valence-electron chi connectivity index (χ4n) is 3.40. The Morgan fingerprint density at radius 3 is 2.54 bits per heavy atom. The number of benzene rings is 1. The number of nitrogens with two attached hydrogens (primary N) is 1. The summed E-state index contributed by atoms with van der Waals surface area (Å²) < 4.78 is 0. The number of nitrogens with one attached hydrogen (secondary N) is 4. The molecule has 3 rings (SSSR count). The van der Waals surface area contributed by atoms with Gasteiger partial charge in [-0.15, -0.1) is 0 Å². The van der Waals surface area contributed by atoms with Crippen LogP contribution in [0.5, 0.6) is 0 Å². The van der Waals surface area contributed by atoms with E-state index in [4.69, 9.17) is 10.8 Å². The minimum atomic E-state index is -1.33. The van der Waals surface area contributed by atoms with Crippen LogP contribution in [0.25, 0.3) is 0 Å². The quantitative estimate of drug-likeness (QED) is 0.147. The number of nitrogens with zero attached hydrogens (tertiary/aromatic N) is 2. The van der Waals surface area contributed by atoms with Gasteiger partial charge in [-0.05, 0) is 30.7 Å². The molecule has 14 nitrogen and oxygen atoms in total. The number of carbonyl (C=O) groups excluding carboxylic acids is 2. The van der Waals surface area contributed by atoms with Crippen molar-refractivity contribution in [2.24, 2.45) is 0 Å². The first-order valence-electron chi connectivity index (χ1n) is 10.2. The first-order chi connectivity index (χ1) is 16.2. The van der Waals surface area contributed by atoms with Crippen LogP contribution >= 0.6 is 0 Å². The van der Waals surface area contributed by atoms with Crippen LogP contribution in [0.15, 0.2) is 29.1 Å². The van der Waals surface area contributed by atoms with E-state index < -0.39 is 41.9 Å². The van der Waals surface area contributed by atoms with E-state index in [-0.39, 0.29) is 49.6 Å². The van der Waals surface area contributed by atoms with Gasteiger partial charge in [0.05, 0.1) is 6.04 Å². The Morgan fingerprint density at radius 1 is 1.26 bits per heavy atom. The first-order valence-corrected chi connectivity index (χ1v) is 10.2. The number of anilines is 4. The second-order valence-electron chi connectivity index (χ2n) is 7.45. The Balaban J connectivity index is 0.00000432. The SMILES string of the molecule is Nc1nc(=O)c2c([nH]1)NCC(CNc1ccc(C(=O)N[C@@H](CCC(=O)O)C(=O)O)cc1)N2C=O.[Zn]. The van der Waals surface area contributed by atoms with Crippen LogP contribution in [0, 0.1) is 0 Å². The maximum Gasteiger partial charge on any atom is 0.326 e. The van der Waals surface area contributed by atoms with Crippen molar-refractivity contribution in [2.75, 3.05) is 34.4 Å². The molecule has 0 aliphatic carbocycles. The molecule has 1 aliphatic rings. The molecule has 0 saturated heterocycles. The number of fused-ring (bicyclic) bond motifs is 1. The molecule has 1 aliphatic heterocycles. The first kappa shape index (κ1) is 27.2. The van der Waals surface area contributed by atoms with Gasteiger partial charge in [-0.1, -0.05) is 0 Å². The van der Waals surface area contributed by atoms with Crippen LogP contribution in [-0.2, 0) is 33.9 Å². The number of carboxylic acid groups (broad SMARTS) is 2. The van der Waals surface area contributed by atoms with Crippen molar-refractivity contribution in [2.45, 2.75) is 24.9 Å². The van der Waals surface area contributed by atoms with E-state index in [1.54, 1.807) is 12.1 Å². The molecule has 2 atom stereocenters. The zero-order valence-corrected chi connectivity index (χ0v) is 21.5. The maximum atomic E-state index is 12.3. The van der Waals surface area contributed by atoms with Gasteiger partial charge in [0.25, 0.3) is 5.91 Å². The summed E-state index contributed by atoms with van der Waals surface area (Å²) in [6, 6.07) is 4.36. The number of carbonyl (C=O) groups is 4. The molecule has 35 heavy (non-hydrogen) atoms. The second kappa shape index (κ2) is 11.9. The monoisotopic (exact) mass is 537 g/mol. The molecular weight excluding hydrogens is 516 g/mol. The van der Waals surface area contributed by atoms with Crippen molar-refractivity contribution in [3.63, 3.8) is 0 Å². The summed E-state index contributed by atoms with van der Waals surface area (Å²) in [6.07, 6.45) is -0.101. The third-order valence-corrected chi connectivity index (χ3v) is 5.13. The minimum absolute atomic E-state index is 0. The summed E-state index contributed by atoms with van der Waals surface area (Å²) >= 11 is 0. The van der Waals surface area contributed by atoms with E-state index in [9.17, 15) is 29.1 Å². The maximum absolute atomic E-state index is 12.3. The summed E-state index contributed by atoms with van der Waals surface area (Å²) in [5.74, 6) is -2.91. The smallest absolute Gasteiger partial charge is 0.326 e. The predicted molar refractivity (Wildman–Crippen MR) is 121 cm³/mol. The number of amides is 2. The van der Waals surface area contributed by atoms with Gasteiger partial charge >= 0.3 is 17.5 Å². The fraction of sp³-hybridized carbons (Fsp3) is 0.300. The van der Waals surface area contributed by atoms with Crippen LogP contribution < -0.4 is 32.1 Å². The van der Waals surface area contributed by atoms with Crippen molar-refractivity contribution in [3.8, 4) is 0 Å². The number of aliphatic carboxylic acids is 2. The summed E-state index contributed by atoms with van der Waals surface area (Å²) in [6.45, 7) is 0.586. The van der Waals surface area contributed by atoms with E-state index in [1.807, 2.05) is 0 Å². The van der Waals surface area contributed by atoms with Crippen molar-refractivity contribution in [3.05, 3.63) is 40.2 Å². The van der Waals surface area contributed by atoms with E-state index >= 15 is 0 Å². The van der Waals surface area contributed by atoms with Gasteiger partial charge in [0.15, 0.2) is 5.69 Å². The zero-order chi connectivity index (χ0) is 24.8. The van der Waals surface area contributed by atoms with Crippen LogP contribution in [-0.4, -0.2) is 69.6 Å². The summed E-state index contributed by atoms with van der Waals surface area (Å²) in [5, 5.41) is 26.3. The van der Waals surface area contributed by atoms with Crippen molar-refractivity contribution in [1.29, 1.82) is 0 Å². The van der Waals surface area contributed by atoms with Crippen LogP contribution in [0.2, 0.25) is 0 Å². The summed E-state index contributed by atoms with van der Waals surface area (Å²) in [4.78, 5) is 65.7. The molecule has 1 aromatic carbocycles. The van der Waals surface area contributed by atoms with Gasteiger partial charge < -0.3 is 41.8 Å². The molecule has 0 fully saturated rings. The summed E-state index contributed by atoms with van der Waals surface area (Å²) in [7, 11) is 0. The molecule has 0 spiro atoms. The molecule has 2 amide bonds. The Morgan fingerprint density at radius 2 is 1.94 bits per heavy atom. The van der Waals surface area contributed by atoms with Crippen LogP contribution in [0.1, 0.15) is 23.2 Å². The molecule has 15 heteroatoms. The number of aromatic nitrogens is 2. The molecule has 0 radical (unpaired) electrons. The van der Waals surface area contributed by atoms with Gasteiger partial charge in [-0.25, -0.2) is 4.79 Å². The van der Waals surface area contributed by atoms with Crippen molar-refractivity contribution >= 4 is 47.4 Å². The molecule has 1 aromatic heterocycles. The number of H-pyrrole nitrogens is 1. The topological polar surface area (TPSA) is 220 Å². The van der Waals surface area contributed by atoms with Gasteiger partial charge in [0.2, 0.25) is 12.4 Å². The average molecular weight is 539 g/mol.